The normalized spacial score (nSPS) is 11.8. The van der Waals surface area contributed by atoms with Crippen molar-refractivity contribution in [2.24, 2.45) is 0 Å². The lowest BCUT2D eigenvalue weighted by Crippen LogP contribution is -2.27. The van der Waals surface area contributed by atoms with Crippen molar-refractivity contribution < 1.29 is 27.8 Å². The molecule has 2 aromatic rings. The standard InChI is InChI=1S/C19H21F2NO4/c1-4-25-14-8-5-7-13(11-14)12(2)22-18(23)15-9-6-10-16(24-3)17(15)26-19(20)21/h5-12,19H,4H2,1-3H3,(H,22,23). The molecule has 26 heavy (non-hydrogen) atoms. The summed E-state index contributed by atoms with van der Waals surface area (Å²) in [6, 6.07) is 11.3. The number of amides is 1. The Morgan fingerprint density at radius 3 is 2.58 bits per heavy atom. The fourth-order valence-electron chi connectivity index (χ4n) is 2.46. The molecule has 1 unspecified atom stereocenters. The zero-order chi connectivity index (χ0) is 19.1. The van der Waals surface area contributed by atoms with E-state index in [9.17, 15) is 13.6 Å². The molecule has 0 radical (unpaired) electrons. The van der Waals surface area contributed by atoms with Crippen molar-refractivity contribution in [2.45, 2.75) is 26.5 Å². The number of rotatable bonds is 8. The average molecular weight is 365 g/mol. The summed E-state index contributed by atoms with van der Waals surface area (Å²) in [5.41, 5.74) is 0.793. The lowest BCUT2D eigenvalue weighted by Gasteiger charge is -2.18. The molecule has 1 atom stereocenters. The monoisotopic (exact) mass is 365 g/mol. The molecule has 0 bridgehead atoms. The molecule has 140 valence electrons. The minimum Gasteiger partial charge on any atom is -0.494 e. The van der Waals surface area contributed by atoms with Crippen LogP contribution in [0.15, 0.2) is 42.5 Å². The van der Waals surface area contributed by atoms with Crippen LogP contribution in [0.2, 0.25) is 0 Å². The van der Waals surface area contributed by atoms with Gasteiger partial charge in [0.05, 0.1) is 25.3 Å². The smallest absolute Gasteiger partial charge is 0.387 e. The Hall–Kier alpha value is -2.83. The third-order valence-electron chi connectivity index (χ3n) is 3.67. The van der Waals surface area contributed by atoms with Crippen LogP contribution in [0.5, 0.6) is 17.2 Å². The van der Waals surface area contributed by atoms with Crippen LogP contribution < -0.4 is 19.5 Å². The molecule has 5 nitrogen and oxygen atoms in total. The molecule has 7 heteroatoms. The predicted molar refractivity (Wildman–Crippen MR) is 93.1 cm³/mol. The van der Waals surface area contributed by atoms with Gasteiger partial charge in [-0.3, -0.25) is 4.79 Å². The number of hydrogen-bond acceptors (Lipinski definition) is 4. The largest absolute Gasteiger partial charge is 0.494 e. The number of para-hydroxylation sites is 1. The first-order valence-electron chi connectivity index (χ1n) is 8.11. The summed E-state index contributed by atoms with van der Waals surface area (Å²) in [5, 5.41) is 2.77. The molecule has 0 fully saturated rings. The Morgan fingerprint density at radius 2 is 1.92 bits per heavy atom. The van der Waals surface area contributed by atoms with E-state index in [2.05, 4.69) is 10.1 Å². The molecular weight excluding hydrogens is 344 g/mol. The fourth-order valence-corrected chi connectivity index (χ4v) is 2.46. The van der Waals surface area contributed by atoms with Gasteiger partial charge in [-0.05, 0) is 43.7 Å². The Labute approximate surface area is 150 Å². The molecule has 0 aliphatic heterocycles. The Balaban J connectivity index is 2.22. The van der Waals surface area contributed by atoms with E-state index in [1.807, 2.05) is 31.2 Å². The van der Waals surface area contributed by atoms with Crippen LogP contribution in [0.4, 0.5) is 8.78 Å². The van der Waals surface area contributed by atoms with Gasteiger partial charge >= 0.3 is 6.61 Å². The number of alkyl halides is 2. The highest BCUT2D eigenvalue weighted by molar-refractivity contribution is 5.98. The van der Waals surface area contributed by atoms with Gasteiger partial charge in [0, 0.05) is 0 Å². The van der Waals surface area contributed by atoms with Crippen molar-refractivity contribution >= 4 is 5.91 Å². The Morgan fingerprint density at radius 1 is 1.19 bits per heavy atom. The summed E-state index contributed by atoms with van der Waals surface area (Å²) >= 11 is 0. The summed E-state index contributed by atoms with van der Waals surface area (Å²) in [6.07, 6.45) is 0. The number of carbonyl (C=O) groups excluding carboxylic acids is 1. The third-order valence-corrected chi connectivity index (χ3v) is 3.67. The van der Waals surface area contributed by atoms with Crippen LogP contribution in [-0.2, 0) is 0 Å². The number of nitrogens with one attached hydrogen (secondary N) is 1. The second-order valence-corrected chi connectivity index (χ2v) is 5.42. The van der Waals surface area contributed by atoms with Crippen LogP contribution >= 0.6 is 0 Å². The van der Waals surface area contributed by atoms with E-state index in [1.165, 1.54) is 25.3 Å². The van der Waals surface area contributed by atoms with Crippen molar-refractivity contribution in [3.8, 4) is 17.2 Å². The van der Waals surface area contributed by atoms with Gasteiger partial charge in [0.25, 0.3) is 5.91 Å². The molecule has 2 aromatic carbocycles. The molecule has 0 aliphatic rings. The van der Waals surface area contributed by atoms with E-state index in [1.54, 1.807) is 6.92 Å². The molecule has 0 aromatic heterocycles. The highest BCUT2D eigenvalue weighted by Gasteiger charge is 2.21. The van der Waals surface area contributed by atoms with Gasteiger partial charge in [0.1, 0.15) is 5.75 Å². The summed E-state index contributed by atoms with van der Waals surface area (Å²) in [4.78, 5) is 12.6. The van der Waals surface area contributed by atoms with Crippen LogP contribution in [0.3, 0.4) is 0 Å². The summed E-state index contributed by atoms with van der Waals surface area (Å²) < 4.78 is 40.4. The molecule has 2 rings (SSSR count). The van der Waals surface area contributed by atoms with E-state index in [4.69, 9.17) is 9.47 Å². The maximum atomic E-state index is 12.7. The first kappa shape index (κ1) is 19.5. The van der Waals surface area contributed by atoms with Gasteiger partial charge in [0.2, 0.25) is 0 Å². The zero-order valence-electron chi connectivity index (χ0n) is 14.8. The molecule has 0 saturated carbocycles. The summed E-state index contributed by atoms with van der Waals surface area (Å²) in [6.45, 7) is 1.13. The number of benzene rings is 2. The molecule has 0 saturated heterocycles. The van der Waals surface area contributed by atoms with Crippen molar-refractivity contribution in [1.82, 2.24) is 5.32 Å². The van der Waals surface area contributed by atoms with Gasteiger partial charge in [-0.2, -0.15) is 8.78 Å². The van der Waals surface area contributed by atoms with E-state index in [0.29, 0.717) is 12.4 Å². The number of methoxy groups -OCH3 is 1. The maximum absolute atomic E-state index is 12.7. The number of ether oxygens (including phenoxy) is 3. The quantitative estimate of drug-likeness (QED) is 0.762. The molecule has 1 N–H and O–H groups in total. The van der Waals surface area contributed by atoms with Gasteiger partial charge in [-0.25, -0.2) is 0 Å². The van der Waals surface area contributed by atoms with Gasteiger partial charge in [0.15, 0.2) is 11.5 Å². The lowest BCUT2D eigenvalue weighted by atomic mass is 10.1. The van der Waals surface area contributed by atoms with Crippen LogP contribution in [-0.4, -0.2) is 26.2 Å². The molecule has 0 spiro atoms. The first-order chi connectivity index (χ1) is 12.5. The lowest BCUT2D eigenvalue weighted by molar-refractivity contribution is -0.0515. The van der Waals surface area contributed by atoms with Crippen molar-refractivity contribution in [2.75, 3.05) is 13.7 Å². The molecule has 0 aliphatic carbocycles. The SMILES string of the molecule is CCOc1cccc(C(C)NC(=O)c2cccc(OC)c2OC(F)F)c1. The van der Waals surface area contributed by atoms with Gasteiger partial charge in [-0.1, -0.05) is 18.2 Å². The van der Waals surface area contributed by atoms with Crippen molar-refractivity contribution in [3.63, 3.8) is 0 Å². The first-order valence-corrected chi connectivity index (χ1v) is 8.11. The molecule has 0 heterocycles. The molecule has 1 amide bonds. The van der Waals surface area contributed by atoms with Crippen LogP contribution in [0.1, 0.15) is 35.8 Å². The minimum atomic E-state index is -3.07. The second kappa shape index (κ2) is 9.03. The van der Waals surface area contributed by atoms with Crippen LogP contribution in [0.25, 0.3) is 0 Å². The number of carbonyl (C=O) groups is 1. The third kappa shape index (κ3) is 4.84. The topological polar surface area (TPSA) is 56.8 Å². The van der Waals surface area contributed by atoms with E-state index in [-0.39, 0.29) is 23.1 Å². The number of halogens is 2. The highest BCUT2D eigenvalue weighted by atomic mass is 19.3. The number of hydrogen-bond donors (Lipinski definition) is 1. The summed E-state index contributed by atoms with van der Waals surface area (Å²) in [5.74, 6) is -0.0928. The fraction of sp³-hybridized carbons (Fsp3) is 0.316. The maximum Gasteiger partial charge on any atom is 0.387 e. The van der Waals surface area contributed by atoms with E-state index >= 15 is 0 Å². The summed E-state index contributed by atoms with van der Waals surface area (Å²) in [7, 11) is 1.32. The zero-order valence-corrected chi connectivity index (χ0v) is 14.8. The van der Waals surface area contributed by atoms with E-state index in [0.717, 1.165) is 5.56 Å². The highest BCUT2D eigenvalue weighted by Crippen LogP contribution is 2.33. The second-order valence-electron chi connectivity index (χ2n) is 5.42. The average Bonchev–Trinajstić information content (AvgIpc) is 2.61. The van der Waals surface area contributed by atoms with E-state index < -0.39 is 12.5 Å². The van der Waals surface area contributed by atoms with Crippen LogP contribution in [0, 0.1) is 0 Å². The molecular formula is C19H21F2NO4. The Bertz CT molecular complexity index is 752. The van der Waals surface area contributed by atoms with Crippen molar-refractivity contribution in [3.05, 3.63) is 53.6 Å². The minimum absolute atomic E-state index is 0.0301. The van der Waals surface area contributed by atoms with Gasteiger partial charge in [-0.15, -0.1) is 0 Å². The predicted octanol–water partition coefficient (Wildman–Crippen LogP) is 4.19. The Kier molecular flexibility index (Phi) is 6.77. The van der Waals surface area contributed by atoms with Crippen molar-refractivity contribution in [1.29, 1.82) is 0 Å². The van der Waals surface area contributed by atoms with Gasteiger partial charge < -0.3 is 19.5 Å².